The van der Waals surface area contributed by atoms with Gasteiger partial charge in [-0.2, -0.15) is 0 Å². The summed E-state index contributed by atoms with van der Waals surface area (Å²) in [4.78, 5) is 71.9. The van der Waals surface area contributed by atoms with Gasteiger partial charge in [-0.25, -0.2) is 19.6 Å². The fourth-order valence-electron chi connectivity index (χ4n) is 9.20. The molecule has 2 aromatic heterocycles. The van der Waals surface area contributed by atoms with Crippen LogP contribution in [0.3, 0.4) is 0 Å². The van der Waals surface area contributed by atoms with Gasteiger partial charge in [0.1, 0.15) is 23.7 Å². The highest BCUT2D eigenvalue weighted by Gasteiger charge is 2.46. The number of ether oxygens (including phenoxy) is 2. The quantitative estimate of drug-likeness (QED) is 0.107. The number of nitrogens with one attached hydrogen (secondary N) is 4. The van der Waals surface area contributed by atoms with Crippen molar-refractivity contribution in [2.75, 3.05) is 27.3 Å². The average molecular weight is 813 g/mol. The molecule has 0 radical (unpaired) electrons. The van der Waals surface area contributed by atoms with E-state index < -0.39 is 24.3 Å². The molecule has 0 bridgehead atoms. The summed E-state index contributed by atoms with van der Waals surface area (Å²) in [5.41, 5.74) is 5.89. The van der Waals surface area contributed by atoms with E-state index in [4.69, 9.17) is 19.4 Å². The molecule has 3 aromatic carbocycles. The van der Waals surface area contributed by atoms with Crippen LogP contribution in [0.4, 0.5) is 9.59 Å². The van der Waals surface area contributed by atoms with E-state index in [1.54, 1.807) is 0 Å². The standard InChI is InChI=1S/C46H52N8O6/c1-25-17-37(53(23-25)43(55)39(28-7-8-28)51-45(57)59-3)36-22-47-41(50-36)30-11-5-27(6-12-30)31-13-14-33-20-34(16-15-32(33)19-31)35-21-48-42(49-35)38-18-26(2)24-54(38)44(56)40(29-9-10-29)52-46(58)60-4/h5-6,11-16,19-22,25-26,28-29,37-40H,7-10,17-18,23-24H2,1-4H3,(H,47,50)(H,48,49)(H,51,57)(H,52,58)/t25-,26-,37-,38-,39-,40-/m0/s1. The number of carbonyl (C=O) groups excluding carboxylic acids is 4. The van der Waals surface area contributed by atoms with Gasteiger partial charge in [-0.15, -0.1) is 0 Å². The number of H-pyrrole nitrogens is 2. The Morgan fingerprint density at radius 3 is 1.75 bits per heavy atom. The number of fused-ring (bicyclic) bond motifs is 1. The lowest BCUT2D eigenvalue weighted by Crippen LogP contribution is -2.49. The summed E-state index contributed by atoms with van der Waals surface area (Å²) in [6.45, 7) is 5.52. The van der Waals surface area contributed by atoms with Crippen molar-refractivity contribution in [1.29, 1.82) is 0 Å². The number of alkyl carbamates (subject to hydrolysis) is 2. The molecule has 6 atom stereocenters. The predicted octanol–water partition coefficient (Wildman–Crippen LogP) is 7.38. The number of carbonyl (C=O) groups is 4. The summed E-state index contributed by atoms with van der Waals surface area (Å²) in [7, 11) is 2.63. The molecule has 2 aliphatic heterocycles. The minimum Gasteiger partial charge on any atom is -0.453 e. The first kappa shape index (κ1) is 39.3. The number of hydrogen-bond acceptors (Lipinski definition) is 8. The minimum atomic E-state index is -0.588. The highest BCUT2D eigenvalue weighted by molar-refractivity contribution is 5.91. The minimum absolute atomic E-state index is 0.0647. The Morgan fingerprint density at radius 2 is 1.17 bits per heavy atom. The summed E-state index contributed by atoms with van der Waals surface area (Å²) in [6.07, 6.45) is 7.76. The summed E-state index contributed by atoms with van der Waals surface area (Å²) in [5, 5.41) is 7.77. The fraction of sp³-hybridized carbons (Fsp3) is 0.435. The lowest BCUT2D eigenvalue weighted by atomic mass is 9.98. The smallest absolute Gasteiger partial charge is 0.407 e. The molecule has 0 spiro atoms. The number of aromatic amines is 2. The molecule has 60 heavy (non-hydrogen) atoms. The van der Waals surface area contributed by atoms with Crippen LogP contribution in [-0.4, -0.2) is 93.1 Å². The van der Waals surface area contributed by atoms with E-state index in [0.717, 1.165) is 94.6 Å². The maximum atomic E-state index is 13.8. The van der Waals surface area contributed by atoms with Crippen molar-refractivity contribution in [3.63, 3.8) is 0 Å². The van der Waals surface area contributed by atoms with Crippen LogP contribution in [0.1, 0.15) is 76.0 Å². The molecule has 14 nitrogen and oxygen atoms in total. The second-order valence-corrected chi connectivity index (χ2v) is 17.3. The maximum absolute atomic E-state index is 13.8. The third-order valence-electron chi connectivity index (χ3n) is 12.7. The van der Waals surface area contributed by atoms with Crippen LogP contribution >= 0.6 is 0 Å². The fourth-order valence-corrected chi connectivity index (χ4v) is 9.20. The van der Waals surface area contributed by atoms with Crippen LogP contribution in [0.2, 0.25) is 0 Å². The number of likely N-dealkylation sites (tertiary alicyclic amines) is 2. The number of hydrogen-bond donors (Lipinski definition) is 4. The van der Waals surface area contributed by atoms with Gasteiger partial charge in [0.2, 0.25) is 11.8 Å². The normalized spacial score (nSPS) is 22.4. The van der Waals surface area contributed by atoms with Crippen LogP contribution in [0, 0.1) is 23.7 Å². The molecule has 4 N–H and O–H groups in total. The summed E-state index contributed by atoms with van der Waals surface area (Å²) in [5.74, 6) is 2.24. The van der Waals surface area contributed by atoms with Gasteiger partial charge in [-0.05, 0) is 96.2 Å². The molecule has 2 saturated carbocycles. The molecule has 4 fully saturated rings. The molecular weight excluding hydrogens is 761 g/mol. The molecule has 312 valence electrons. The van der Waals surface area contributed by atoms with Gasteiger partial charge >= 0.3 is 12.2 Å². The third kappa shape index (κ3) is 7.94. The number of aromatic nitrogens is 4. The van der Waals surface area contributed by atoms with Gasteiger partial charge < -0.3 is 39.9 Å². The van der Waals surface area contributed by atoms with Crippen LogP contribution < -0.4 is 10.6 Å². The predicted molar refractivity (Wildman–Crippen MR) is 225 cm³/mol. The molecule has 2 saturated heterocycles. The maximum Gasteiger partial charge on any atom is 0.407 e. The molecule has 4 amide bonds. The number of imidazole rings is 2. The zero-order valence-electron chi connectivity index (χ0n) is 34.4. The van der Waals surface area contributed by atoms with Crippen molar-refractivity contribution in [3.05, 3.63) is 84.6 Å². The zero-order chi connectivity index (χ0) is 41.7. The highest BCUT2D eigenvalue weighted by atomic mass is 16.5. The monoisotopic (exact) mass is 812 g/mol. The number of nitrogens with zero attached hydrogens (tertiary/aromatic N) is 4. The van der Waals surface area contributed by atoms with Gasteiger partial charge in [0.05, 0.1) is 50.1 Å². The first-order chi connectivity index (χ1) is 29.1. The molecule has 2 aliphatic carbocycles. The summed E-state index contributed by atoms with van der Waals surface area (Å²) in [6, 6.07) is 19.6. The van der Waals surface area contributed by atoms with Crippen molar-refractivity contribution in [3.8, 4) is 33.8 Å². The summed E-state index contributed by atoms with van der Waals surface area (Å²) < 4.78 is 9.63. The Hall–Kier alpha value is -6.18. The van der Waals surface area contributed by atoms with E-state index in [1.165, 1.54) is 14.2 Å². The van der Waals surface area contributed by atoms with Gasteiger partial charge in [0.25, 0.3) is 0 Å². The molecule has 5 aromatic rings. The van der Waals surface area contributed by atoms with Gasteiger partial charge in [0.15, 0.2) is 0 Å². The SMILES string of the molecule is COC(=O)N[C@H](C(=O)N1C[C@@H](C)C[C@H]1c1cnc(-c2ccc(-c3ccc4cc(-c5cnc([C@@H]6C[C@H](C)CN6C(=O)[C@@H](NC(=O)OC)C6CC6)[nH]5)ccc4c3)cc2)[nH]1)C1CC1. The van der Waals surface area contributed by atoms with E-state index in [9.17, 15) is 19.2 Å². The van der Waals surface area contributed by atoms with Crippen molar-refractivity contribution in [2.24, 2.45) is 23.7 Å². The Kier molecular flexibility index (Phi) is 10.6. The van der Waals surface area contributed by atoms with Crippen LogP contribution in [0.15, 0.2) is 73.1 Å². The van der Waals surface area contributed by atoms with Crippen LogP contribution in [0.25, 0.3) is 44.5 Å². The second-order valence-electron chi connectivity index (χ2n) is 17.3. The van der Waals surface area contributed by atoms with Crippen LogP contribution in [0.5, 0.6) is 0 Å². The topological polar surface area (TPSA) is 175 Å². The van der Waals surface area contributed by atoms with E-state index >= 15 is 0 Å². The Labute approximate surface area is 348 Å². The van der Waals surface area contributed by atoms with E-state index in [0.29, 0.717) is 24.9 Å². The van der Waals surface area contributed by atoms with Gasteiger partial charge in [0, 0.05) is 24.2 Å². The second kappa shape index (κ2) is 16.1. The first-order valence-electron chi connectivity index (χ1n) is 21.1. The lowest BCUT2D eigenvalue weighted by molar-refractivity contribution is -0.135. The Morgan fingerprint density at radius 1 is 0.650 bits per heavy atom. The largest absolute Gasteiger partial charge is 0.453 e. The summed E-state index contributed by atoms with van der Waals surface area (Å²) >= 11 is 0. The number of benzene rings is 3. The number of amides is 4. The average Bonchev–Trinajstić information content (AvgIpc) is 4.08. The van der Waals surface area contributed by atoms with Crippen molar-refractivity contribution < 1.29 is 28.7 Å². The molecular formula is C46H52N8O6. The van der Waals surface area contributed by atoms with Gasteiger partial charge in [-0.3, -0.25) is 9.59 Å². The Bertz CT molecular complexity index is 2420. The molecule has 0 unspecified atom stereocenters. The van der Waals surface area contributed by atoms with Gasteiger partial charge in [-0.1, -0.05) is 62.4 Å². The molecule has 9 rings (SSSR count). The van der Waals surface area contributed by atoms with Crippen molar-refractivity contribution >= 4 is 34.8 Å². The van der Waals surface area contributed by atoms with E-state index in [2.05, 4.69) is 95.1 Å². The number of methoxy groups -OCH3 is 2. The number of rotatable bonds is 11. The van der Waals surface area contributed by atoms with Crippen LogP contribution in [-0.2, 0) is 19.1 Å². The molecule has 4 heterocycles. The van der Waals surface area contributed by atoms with Crippen molar-refractivity contribution in [2.45, 2.75) is 76.5 Å². The highest BCUT2D eigenvalue weighted by Crippen LogP contribution is 2.41. The molecule has 4 aliphatic rings. The third-order valence-corrected chi connectivity index (χ3v) is 12.7. The van der Waals surface area contributed by atoms with E-state index in [-0.39, 0.29) is 35.7 Å². The zero-order valence-corrected chi connectivity index (χ0v) is 34.4. The molecule has 14 heteroatoms. The lowest BCUT2D eigenvalue weighted by Gasteiger charge is -2.28. The Balaban J connectivity index is 0.876. The first-order valence-corrected chi connectivity index (χ1v) is 21.1. The van der Waals surface area contributed by atoms with Crippen molar-refractivity contribution in [1.82, 2.24) is 40.4 Å². The van der Waals surface area contributed by atoms with E-state index in [1.807, 2.05) is 22.2 Å².